The number of benzene rings is 1. The maximum Gasteiger partial charge on any atom is 0.119 e. The lowest BCUT2D eigenvalue weighted by molar-refractivity contribution is 0.414. The van der Waals surface area contributed by atoms with Crippen molar-refractivity contribution in [1.29, 1.82) is 0 Å². The van der Waals surface area contributed by atoms with Gasteiger partial charge in [-0.2, -0.15) is 0 Å². The van der Waals surface area contributed by atoms with Crippen LogP contribution in [0.3, 0.4) is 0 Å². The number of ether oxygens (including phenoxy) is 1. The number of nitrogens with one attached hydrogen (secondary N) is 1. The maximum absolute atomic E-state index is 5.22. The van der Waals surface area contributed by atoms with Gasteiger partial charge in [-0.05, 0) is 44.0 Å². The first kappa shape index (κ1) is 14.9. The Bertz CT molecular complexity index is 349. The second-order valence-electron chi connectivity index (χ2n) is 5.08. The Hall–Kier alpha value is -1.18. The van der Waals surface area contributed by atoms with Crippen molar-refractivity contribution in [1.82, 2.24) is 0 Å². The summed E-state index contributed by atoms with van der Waals surface area (Å²) in [6, 6.07) is 6.73. The fourth-order valence-electron chi connectivity index (χ4n) is 2.14. The first-order valence-electron chi connectivity index (χ1n) is 7.08. The van der Waals surface area contributed by atoms with E-state index < -0.39 is 0 Å². The van der Waals surface area contributed by atoms with Gasteiger partial charge in [-0.25, -0.2) is 0 Å². The van der Waals surface area contributed by atoms with Crippen molar-refractivity contribution in [3.8, 4) is 5.75 Å². The molecular weight excluding hydrogens is 222 g/mol. The summed E-state index contributed by atoms with van der Waals surface area (Å²) in [5, 5.41) is 3.58. The predicted molar refractivity (Wildman–Crippen MR) is 79.6 cm³/mol. The largest absolute Gasteiger partial charge is 0.497 e. The third kappa shape index (κ3) is 4.99. The highest BCUT2D eigenvalue weighted by Gasteiger charge is 2.05. The van der Waals surface area contributed by atoms with Crippen LogP contribution in [-0.2, 0) is 0 Å². The lowest BCUT2D eigenvalue weighted by atomic mass is 10.1. The van der Waals surface area contributed by atoms with Crippen LogP contribution in [0.2, 0.25) is 0 Å². The number of unbranched alkanes of at least 4 members (excludes halogenated alkanes) is 3. The highest BCUT2D eigenvalue weighted by atomic mass is 16.5. The van der Waals surface area contributed by atoms with Crippen LogP contribution in [0.1, 0.15) is 51.5 Å². The Labute approximate surface area is 112 Å². The Kier molecular flexibility index (Phi) is 6.63. The molecule has 0 fully saturated rings. The SMILES string of the molecule is CCCCCCC(C)Nc1ccc(OC)cc1C. The first-order valence-corrected chi connectivity index (χ1v) is 7.08. The van der Waals surface area contributed by atoms with Crippen molar-refractivity contribution in [3.63, 3.8) is 0 Å². The van der Waals surface area contributed by atoms with Gasteiger partial charge in [0.25, 0.3) is 0 Å². The molecule has 0 aliphatic heterocycles. The maximum atomic E-state index is 5.22. The summed E-state index contributed by atoms with van der Waals surface area (Å²) in [4.78, 5) is 0. The zero-order chi connectivity index (χ0) is 13.4. The number of aryl methyl sites for hydroxylation is 1. The quantitative estimate of drug-likeness (QED) is 0.670. The molecule has 0 radical (unpaired) electrons. The summed E-state index contributed by atoms with van der Waals surface area (Å²) in [7, 11) is 1.71. The molecule has 0 aliphatic carbocycles. The molecule has 102 valence electrons. The van der Waals surface area contributed by atoms with E-state index in [1.165, 1.54) is 43.4 Å². The van der Waals surface area contributed by atoms with Crippen LogP contribution in [0.5, 0.6) is 5.75 Å². The number of hydrogen-bond acceptors (Lipinski definition) is 2. The van der Waals surface area contributed by atoms with Gasteiger partial charge in [0.15, 0.2) is 0 Å². The number of methoxy groups -OCH3 is 1. The fourth-order valence-corrected chi connectivity index (χ4v) is 2.14. The topological polar surface area (TPSA) is 21.3 Å². The molecule has 0 heterocycles. The monoisotopic (exact) mass is 249 g/mol. The molecule has 0 aliphatic rings. The molecule has 1 aromatic carbocycles. The van der Waals surface area contributed by atoms with E-state index in [4.69, 9.17) is 4.74 Å². The predicted octanol–water partition coefficient (Wildman–Crippen LogP) is 4.77. The lowest BCUT2D eigenvalue weighted by Gasteiger charge is -2.17. The second-order valence-corrected chi connectivity index (χ2v) is 5.08. The molecule has 1 aromatic rings. The van der Waals surface area contributed by atoms with Gasteiger partial charge in [-0.15, -0.1) is 0 Å². The van der Waals surface area contributed by atoms with Crippen LogP contribution in [0, 0.1) is 6.92 Å². The molecule has 18 heavy (non-hydrogen) atoms. The molecule has 2 heteroatoms. The number of anilines is 1. The van der Waals surface area contributed by atoms with Crippen LogP contribution in [0.4, 0.5) is 5.69 Å². The third-order valence-electron chi connectivity index (χ3n) is 3.33. The Morgan fingerprint density at radius 1 is 1.22 bits per heavy atom. The number of hydrogen-bond donors (Lipinski definition) is 1. The summed E-state index contributed by atoms with van der Waals surface area (Å²) in [6.45, 7) is 6.63. The van der Waals surface area contributed by atoms with Crippen LogP contribution in [0.15, 0.2) is 18.2 Å². The highest BCUT2D eigenvalue weighted by molar-refractivity contribution is 5.54. The minimum Gasteiger partial charge on any atom is -0.497 e. The number of rotatable bonds is 8. The van der Waals surface area contributed by atoms with E-state index in [1.807, 2.05) is 6.07 Å². The zero-order valence-electron chi connectivity index (χ0n) is 12.3. The Morgan fingerprint density at radius 2 is 2.00 bits per heavy atom. The molecule has 1 N–H and O–H groups in total. The van der Waals surface area contributed by atoms with Gasteiger partial charge in [0.1, 0.15) is 5.75 Å². The average molecular weight is 249 g/mol. The van der Waals surface area contributed by atoms with Crippen molar-refractivity contribution in [3.05, 3.63) is 23.8 Å². The van der Waals surface area contributed by atoms with Crippen molar-refractivity contribution in [2.24, 2.45) is 0 Å². The van der Waals surface area contributed by atoms with E-state index in [1.54, 1.807) is 7.11 Å². The van der Waals surface area contributed by atoms with Crippen molar-refractivity contribution in [2.75, 3.05) is 12.4 Å². The minimum atomic E-state index is 0.536. The highest BCUT2D eigenvalue weighted by Crippen LogP contribution is 2.22. The molecule has 1 rings (SSSR count). The van der Waals surface area contributed by atoms with E-state index in [2.05, 4.69) is 38.2 Å². The molecule has 0 spiro atoms. The van der Waals surface area contributed by atoms with Gasteiger partial charge < -0.3 is 10.1 Å². The summed E-state index contributed by atoms with van der Waals surface area (Å²) in [5.74, 6) is 0.925. The molecular formula is C16H27NO. The first-order chi connectivity index (χ1) is 8.67. The summed E-state index contributed by atoms with van der Waals surface area (Å²) < 4.78 is 5.22. The van der Waals surface area contributed by atoms with E-state index in [0.29, 0.717) is 6.04 Å². The molecule has 1 unspecified atom stereocenters. The van der Waals surface area contributed by atoms with Gasteiger partial charge in [0.05, 0.1) is 7.11 Å². The Morgan fingerprint density at radius 3 is 2.61 bits per heavy atom. The van der Waals surface area contributed by atoms with Crippen LogP contribution in [0.25, 0.3) is 0 Å². The smallest absolute Gasteiger partial charge is 0.119 e. The van der Waals surface area contributed by atoms with Gasteiger partial charge in [-0.3, -0.25) is 0 Å². The molecule has 0 amide bonds. The molecule has 1 atom stereocenters. The van der Waals surface area contributed by atoms with E-state index >= 15 is 0 Å². The van der Waals surface area contributed by atoms with Gasteiger partial charge in [0, 0.05) is 11.7 Å². The van der Waals surface area contributed by atoms with Crippen LogP contribution >= 0.6 is 0 Å². The summed E-state index contributed by atoms with van der Waals surface area (Å²) in [5.41, 5.74) is 2.47. The molecule has 0 saturated carbocycles. The standard InChI is InChI=1S/C16H27NO/c1-5-6-7-8-9-14(3)17-16-11-10-15(18-4)12-13(16)2/h10-12,14,17H,5-9H2,1-4H3. The zero-order valence-corrected chi connectivity index (χ0v) is 12.3. The molecule has 0 saturated heterocycles. The van der Waals surface area contributed by atoms with Gasteiger partial charge in [-0.1, -0.05) is 32.6 Å². The molecule has 0 bridgehead atoms. The van der Waals surface area contributed by atoms with Crippen LogP contribution in [-0.4, -0.2) is 13.2 Å². The normalized spacial score (nSPS) is 12.2. The molecule has 2 nitrogen and oxygen atoms in total. The summed E-state index contributed by atoms with van der Waals surface area (Å²) >= 11 is 0. The second kappa shape index (κ2) is 8.02. The minimum absolute atomic E-state index is 0.536. The van der Waals surface area contributed by atoms with Crippen molar-refractivity contribution >= 4 is 5.69 Å². The molecule has 0 aromatic heterocycles. The fraction of sp³-hybridized carbons (Fsp3) is 0.625. The third-order valence-corrected chi connectivity index (χ3v) is 3.33. The average Bonchev–Trinajstić information content (AvgIpc) is 2.37. The van der Waals surface area contributed by atoms with Crippen molar-refractivity contribution in [2.45, 2.75) is 58.9 Å². The lowest BCUT2D eigenvalue weighted by Crippen LogP contribution is -2.15. The van der Waals surface area contributed by atoms with E-state index in [0.717, 1.165) is 5.75 Å². The van der Waals surface area contributed by atoms with Gasteiger partial charge >= 0.3 is 0 Å². The van der Waals surface area contributed by atoms with E-state index in [9.17, 15) is 0 Å². The van der Waals surface area contributed by atoms with Crippen molar-refractivity contribution < 1.29 is 4.74 Å². The summed E-state index contributed by atoms with van der Waals surface area (Å²) in [6.07, 6.45) is 6.57. The Balaban J connectivity index is 2.41. The van der Waals surface area contributed by atoms with Gasteiger partial charge in [0.2, 0.25) is 0 Å². The van der Waals surface area contributed by atoms with E-state index in [-0.39, 0.29) is 0 Å². The van der Waals surface area contributed by atoms with Crippen LogP contribution < -0.4 is 10.1 Å².